The molecule has 0 bridgehead atoms. The molecule has 0 radical (unpaired) electrons. The quantitative estimate of drug-likeness (QED) is 0.894. The van der Waals surface area contributed by atoms with Crippen LogP contribution in [0.15, 0.2) is 28.7 Å². The first kappa shape index (κ1) is 15.8. The Kier molecular flexibility index (Phi) is 4.52. The Morgan fingerprint density at radius 1 is 1.17 bits per heavy atom. The van der Waals surface area contributed by atoms with Crippen LogP contribution in [0.1, 0.15) is 41.1 Å². The van der Waals surface area contributed by atoms with Crippen molar-refractivity contribution in [3.05, 3.63) is 34.9 Å². The summed E-state index contributed by atoms with van der Waals surface area (Å²) in [5.41, 5.74) is 0. The minimum atomic E-state index is -0.730. The van der Waals surface area contributed by atoms with Gasteiger partial charge in [-0.2, -0.15) is 0 Å². The number of aryl methyl sites for hydroxylation is 1. The van der Waals surface area contributed by atoms with E-state index in [1.54, 1.807) is 6.07 Å². The lowest BCUT2D eigenvalue weighted by Crippen LogP contribution is -2.38. The van der Waals surface area contributed by atoms with Gasteiger partial charge in [0, 0.05) is 6.04 Å². The second kappa shape index (κ2) is 6.58. The van der Waals surface area contributed by atoms with E-state index < -0.39 is 5.97 Å². The van der Waals surface area contributed by atoms with Crippen molar-refractivity contribution in [1.82, 2.24) is 5.32 Å². The molecule has 2 heterocycles. The molecule has 1 saturated carbocycles. The summed E-state index contributed by atoms with van der Waals surface area (Å²) in [6.45, 7) is 1.89. The average molecular weight is 333 g/mol. The molecule has 2 aromatic rings. The molecule has 1 aliphatic rings. The lowest BCUT2D eigenvalue weighted by atomic mass is 9.86. The number of furan rings is 1. The highest BCUT2D eigenvalue weighted by atomic mass is 32.1. The summed E-state index contributed by atoms with van der Waals surface area (Å²) in [6.07, 6.45) is 2.69. The molecule has 122 valence electrons. The zero-order valence-corrected chi connectivity index (χ0v) is 13.7. The van der Waals surface area contributed by atoms with E-state index in [-0.39, 0.29) is 17.9 Å². The van der Waals surface area contributed by atoms with Gasteiger partial charge in [-0.25, -0.2) is 0 Å². The lowest BCUT2D eigenvalue weighted by molar-refractivity contribution is -0.142. The predicted molar refractivity (Wildman–Crippen MR) is 87.6 cm³/mol. The molecular weight excluding hydrogens is 314 g/mol. The van der Waals surface area contributed by atoms with Crippen molar-refractivity contribution >= 4 is 23.2 Å². The number of carboxylic acid groups (broad SMARTS) is 1. The molecule has 2 aromatic heterocycles. The van der Waals surface area contributed by atoms with Crippen molar-refractivity contribution in [2.24, 2.45) is 5.92 Å². The zero-order chi connectivity index (χ0) is 16.4. The van der Waals surface area contributed by atoms with Gasteiger partial charge in [-0.05, 0) is 56.9 Å². The highest BCUT2D eigenvalue weighted by Crippen LogP contribution is 2.30. The minimum Gasteiger partial charge on any atom is -0.481 e. The van der Waals surface area contributed by atoms with Crippen LogP contribution in [0.25, 0.3) is 10.6 Å². The summed E-state index contributed by atoms with van der Waals surface area (Å²) >= 11 is 1.40. The van der Waals surface area contributed by atoms with Crippen LogP contribution in [0.4, 0.5) is 0 Å². The Balaban J connectivity index is 1.59. The second-order valence-corrected chi connectivity index (χ2v) is 7.02. The summed E-state index contributed by atoms with van der Waals surface area (Å²) in [5.74, 6) is 0.525. The molecule has 1 aliphatic carbocycles. The van der Waals surface area contributed by atoms with E-state index in [4.69, 9.17) is 9.52 Å². The van der Waals surface area contributed by atoms with Crippen molar-refractivity contribution in [3.63, 3.8) is 0 Å². The minimum absolute atomic E-state index is 0.0644. The van der Waals surface area contributed by atoms with Crippen LogP contribution < -0.4 is 5.32 Å². The second-order valence-electron chi connectivity index (χ2n) is 5.93. The summed E-state index contributed by atoms with van der Waals surface area (Å²) in [4.78, 5) is 24.9. The van der Waals surface area contributed by atoms with Gasteiger partial charge in [0.15, 0.2) is 0 Å². The number of hydrogen-bond acceptors (Lipinski definition) is 4. The first-order chi connectivity index (χ1) is 11.0. The summed E-state index contributed by atoms with van der Waals surface area (Å²) in [5, 5.41) is 12.0. The average Bonchev–Trinajstić information content (AvgIpc) is 3.16. The normalized spacial score (nSPS) is 21.1. The van der Waals surface area contributed by atoms with Crippen LogP contribution >= 0.6 is 11.3 Å². The predicted octanol–water partition coefficient (Wildman–Crippen LogP) is 3.69. The molecular formula is C17H19NO4S. The topological polar surface area (TPSA) is 79.5 Å². The Labute approximate surface area is 138 Å². The van der Waals surface area contributed by atoms with Crippen molar-refractivity contribution in [2.45, 2.75) is 38.6 Å². The Morgan fingerprint density at radius 2 is 1.91 bits per heavy atom. The molecule has 1 fully saturated rings. The fourth-order valence-corrected chi connectivity index (χ4v) is 3.77. The number of aliphatic carboxylic acids is 1. The van der Waals surface area contributed by atoms with E-state index in [0.29, 0.717) is 17.7 Å². The van der Waals surface area contributed by atoms with Crippen molar-refractivity contribution in [1.29, 1.82) is 0 Å². The molecule has 0 spiro atoms. The van der Waals surface area contributed by atoms with E-state index in [9.17, 15) is 9.59 Å². The van der Waals surface area contributed by atoms with Crippen LogP contribution in [-0.2, 0) is 4.79 Å². The van der Waals surface area contributed by atoms with E-state index in [1.165, 1.54) is 11.3 Å². The zero-order valence-electron chi connectivity index (χ0n) is 12.9. The largest absolute Gasteiger partial charge is 0.481 e. The maximum Gasteiger partial charge on any atom is 0.306 e. The van der Waals surface area contributed by atoms with Gasteiger partial charge in [0.05, 0.1) is 15.7 Å². The fraction of sp³-hybridized carbons (Fsp3) is 0.412. The highest BCUT2D eigenvalue weighted by molar-refractivity contribution is 7.17. The summed E-state index contributed by atoms with van der Waals surface area (Å²) < 4.78 is 5.57. The standard InChI is InChI=1S/C17H19NO4S/c1-10-2-7-13(22-10)14-8-9-15(23-14)16(19)18-12-5-3-11(4-6-12)17(20)21/h2,7-9,11-12H,3-6H2,1H3,(H,18,19)(H,20,21). The van der Waals surface area contributed by atoms with Gasteiger partial charge in [0.2, 0.25) is 0 Å². The molecule has 23 heavy (non-hydrogen) atoms. The molecule has 5 nitrogen and oxygen atoms in total. The highest BCUT2D eigenvalue weighted by Gasteiger charge is 2.27. The van der Waals surface area contributed by atoms with Gasteiger partial charge >= 0.3 is 5.97 Å². The molecule has 0 atom stereocenters. The van der Waals surface area contributed by atoms with Gasteiger partial charge < -0.3 is 14.8 Å². The number of carbonyl (C=O) groups excluding carboxylic acids is 1. The first-order valence-electron chi connectivity index (χ1n) is 7.73. The maximum atomic E-state index is 12.3. The number of hydrogen-bond donors (Lipinski definition) is 2. The number of amides is 1. The van der Waals surface area contributed by atoms with Gasteiger partial charge in [-0.1, -0.05) is 0 Å². The Morgan fingerprint density at radius 3 is 2.52 bits per heavy atom. The number of thiophene rings is 1. The summed E-state index contributed by atoms with van der Waals surface area (Å²) in [7, 11) is 0. The molecule has 0 aliphatic heterocycles. The lowest BCUT2D eigenvalue weighted by Gasteiger charge is -2.26. The summed E-state index contributed by atoms with van der Waals surface area (Å²) in [6, 6.07) is 7.55. The van der Waals surface area contributed by atoms with E-state index >= 15 is 0 Å². The van der Waals surface area contributed by atoms with Crippen LogP contribution in [0, 0.1) is 12.8 Å². The van der Waals surface area contributed by atoms with Gasteiger partial charge in [-0.3, -0.25) is 9.59 Å². The Hall–Kier alpha value is -2.08. The molecule has 0 aromatic carbocycles. The molecule has 6 heteroatoms. The first-order valence-corrected chi connectivity index (χ1v) is 8.55. The number of rotatable bonds is 4. The van der Waals surface area contributed by atoms with Crippen molar-refractivity contribution in [3.8, 4) is 10.6 Å². The SMILES string of the molecule is Cc1ccc(-c2ccc(C(=O)NC3CCC(C(=O)O)CC3)s2)o1. The van der Waals surface area contributed by atoms with E-state index in [0.717, 1.165) is 29.2 Å². The van der Waals surface area contributed by atoms with Crippen LogP contribution in [0.2, 0.25) is 0 Å². The maximum absolute atomic E-state index is 12.3. The van der Waals surface area contributed by atoms with Gasteiger partial charge in [0.1, 0.15) is 11.5 Å². The van der Waals surface area contributed by atoms with Crippen LogP contribution in [0.3, 0.4) is 0 Å². The molecule has 3 rings (SSSR count). The van der Waals surface area contributed by atoms with Gasteiger partial charge in [0.25, 0.3) is 5.91 Å². The Bertz CT molecular complexity index is 710. The van der Waals surface area contributed by atoms with Crippen LogP contribution in [-0.4, -0.2) is 23.0 Å². The fourth-order valence-electron chi connectivity index (χ4n) is 2.90. The monoisotopic (exact) mass is 333 g/mol. The van der Waals surface area contributed by atoms with Crippen molar-refractivity contribution < 1.29 is 19.1 Å². The number of nitrogens with one attached hydrogen (secondary N) is 1. The third kappa shape index (κ3) is 3.64. The van der Waals surface area contributed by atoms with E-state index in [2.05, 4.69) is 5.32 Å². The molecule has 2 N–H and O–H groups in total. The van der Waals surface area contributed by atoms with E-state index in [1.807, 2.05) is 25.1 Å². The molecule has 0 unspecified atom stereocenters. The van der Waals surface area contributed by atoms with Crippen LogP contribution in [0.5, 0.6) is 0 Å². The number of carboxylic acids is 1. The third-order valence-corrected chi connectivity index (χ3v) is 5.32. The number of carbonyl (C=O) groups is 2. The van der Waals surface area contributed by atoms with Gasteiger partial charge in [-0.15, -0.1) is 11.3 Å². The molecule has 0 saturated heterocycles. The molecule has 1 amide bonds. The third-order valence-electron chi connectivity index (χ3n) is 4.22. The smallest absolute Gasteiger partial charge is 0.306 e. The van der Waals surface area contributed by atoms with Crippen molar-refractivity contribution in [2.75, 3.05) is 0 Å².